The van der Waals surface area contributed by atoms with Gasteiger partial charge >= 0.3 is 17.9 Å². The minimum atomic E-state index is -0.718. The highest BCUT2D eigenvalue weighted by molar-refractivity contribution is 6.05. The van der Waals surface area contributed by atoms with Gasteiger partial charge in [-0.1, -0.05) is 13.2 Å². The first-order chi connectivity index (χ1) is 17.0. The van der Waals surface area contributed by atoms with E-state index in [0.29, 0.717) is 51.9 Å². The standard InChI is InChI=1S/C26H36O9/c1-4-31-15-7-10-17-33-24(27)21-12-13-22(25(28)34-19-11-8-16-32-5-2)23(20-21)26(29)35-18-9-6-14-30-3/h4-5,12-13,20H,1-2,6-11,14-19H2,3H3. The van der Waals surface area contributed by atoms with Crippen molar-refractivity contribution >= 4 is 17.9 Å². The van der Waals surface area contributed by atoms with Gasteiger partial charge < -0.3 is 28.4 Å². The van der Waals surface area contributed by atoms with Gasteiger partial charge in [-0.15, -0.1) is 0 Å². The molecule has 0 aliphatic heterocycles. The summed E-state index contributed by atoms with van der Waals surface area (Å²) in [7, 11) is 1.59. The van der Waals surface area contributed by atoms with Crippen molar-refractivity contribution in [1.82, 2.24) is 0 Å². The average Bonchev–Trinajstić information content (AvgIpc) is 2.87. The highest BCUT2D eigenvalue weighted by atomic mass is 16.5. The molecule has 0 heterocycles. The first-order valence-corrected chi connectivity index (χ1v) is 11.6. The molecule has 0 unspecified atom stereocenters. The molecule has 35 heavy (non-hydrogen) atoms. The van der Waals surface area contributed by atoms with Crippen LogP contribution < -0.4 is 0 Å². The lowest BCUT2D eigenvalue weighted by molar-refractivity contribution is 0.0441. The molecule has 0 N–H and O–H groups in total. The molecule has 0 atom stereocenters. The van der Waals surface area contributed by atoms with E-state index in [1.807, 2.05) is 0 Å². The van der Waals surface area contributed by atoms with E-state index in [0.717, 1.165) is 6.42 Å². The second-order valence-corrected chi connectivity index (χ2v) is 7.36. The molecule has 0 fully saturated rings. The van der Waals surface area contributed by atoms with Crippen LogP contribution in [0.5, 0.6) is 0 Å². The highest BCUT2D eigenvalue weighted by Crippen LogP contribution is 2.17. The first-order valence-electron chi connectivity index (χ1n) is 11.6. The van der Waals surface area contributed by atoms with Gasteiger partial charge in [0.1, 0.15) is 0 Å². The fourth-order valence-corrected chi connectivity index (χ4v) is 2.84. The van der Waals surface area contributed by atoms with Gasteiger partial charge in [0.05, 0.1) is 62.2 Å². The van der Waals surface area contributed by atoms with Crippen LogP contribution in [0.15, 0.2) is 43.9 Å². The van der Waals surface area contributed by atoms with E-state index in [-0.39, 0.29) is 36.5 Å². The Morgan fingerprint density at radius 1 is 0.657 bits per heavy atom. The van der Waals surface area contributed by atoms with Gasteiger partial charge in [0.2, 0.25) is 0 Å². The zero-order valence-corrected chi connectivity index (χ0v) is 20.5. The Morgan fingerprint density at radius 2 is 1.11 bits per heavy atom. The predicted molar refractivity (Wildman–Crippen MR) is 129 cm³/mol. The van der Waals surface area contributed by atoms with Crippen LogP contribution in [0.3, 0.4) is 0 Å². The topological polar surface area (TPSA) is 107 Å². The molecule has 0 aliphatic carbocycles. The van der Waals surface area contributed by atoms with Crippen LogP contribution >= 0.6 is 0 Å². The van der Waals surface area contributed by atoms with Crippen molar-refractivity contribution in [1.29, 1.82) is 0 Å². The maximum atomic E-state index is 12.7. The molecule has 0 bridgehead atoms. The van der Waals surface area contributed by atoms with E-state index < -0.39 is 17.9 Å². The largest absolute Gasteiger partial charge is 0.502 e. The van der Waals surface area contributed by atoms with Gasteiger partial charge in [-0.2, -0.15) is 0 Å². The molecule has 0 amide bonds. The summed E-state index contributed by atoms with van der Waals surface area (Å²) in [6.45, 7) is 8.93. The highest BCUT2D eigenvalue weighted by Gasteiger charge is 2.22. The molecule has 1 rings (SSSR count). The second kappa shape index (κ2) is 19.0. The lowest BCUT2D eigenvalue weighted by Crippen LogP contribution is -2.17. The summed E-state index contributed by atoms with van der Waals surface area (Å²) in [6.07, 6.45) is 6.60. The maximum absolute atomic E-state index is 12.7. The Balaban J connectivity index is 2.81. The number of rotatable bonds is 20. The smallest absolute Gasteiger partial charge is 0.339 e. The average molecular weight is 493 g/mol. The van der Waals surface area contributed by atoms with Crippen molar-refractivity contribution < 1.29 is 42.8 Å². The first kappa shape index (κ1) is 29.7. The molecule has 0 spiro atoms. The zero-order chi connectivity index (χ0) is 25.7. The monoisotopic (exact) mass is 492 g/mol. The normalized spacial score (nSPS) is 10.2. The molecule has 1 aromatic carbocycles. The van der Waals surface area contributed by atoms with E-state index in [9.17, 15) is 14.4 Å². The zero-order valence-electron chi connectivity index (χ0n) is 20.5. The predicted octanol–water partition coefficient (Wildman–Crippen LogP) is 4.46. The lowest BCUT2D eigenvalue weighted by Gasteiger charge is -2.12. The van der Waals surface area contributed by atoms with Crippen molar-refractivity contribution in [3.63, 3.8) is 0 Å². The molecule has 1 aromatic rings. The fourth-order valence-electron chi connectivity index (χ4n) is 2.84. The Kier molecular flexibility index (Phi) is 16.1. The van der Waals surface area contributed by atoms with Crippen LogP contribution in [0.2, 0.25) is 0 Å². The van der Waals surface area contributed by atoms with Crippen LogP contribution in [-0.4, -0.2) is 64.7 Å². The maximum Gasteiger partial charge on any atom is 0.339 e. The van der Waals surface area contributed by atoms with Crippen LogP contribution in [0.25, 0.3) is 0 Å². The molecule has 0 aliphatic rings. The summed E-state index contributed by atoms with van der Waals surface area (Å²) in [5, 5.41) is 0. The van der Waals surface area contributed by atoms with Crippen molar-refractivity contribution in [2.45, 2.75) is 38.5 Å². The van der Waals surface area contributed by atoms with Crippen molar-refractivity contribution in [2.24, 2.45) is 0 Å². The van der Waals surface area contributed by atoms with E-state index in [1.54, 1.807) is 7.11 Å². The Hall–Kier alpha value is -3.33. The van der Waals surface area contributed by atoms with Crippen molar-refractivity contribution in [2.75, 3.05) is 46.8 Å². The Bertz CT molecular complexity index is 804. The van der Waals surface area contributed by atoms with Crippen LogP contribution in [0, 0.1) is 0 Å². The number of hydrogen-bond acceptors (Lipinski definition) is 9. The number of carbonyl (C=O) groups is 3. The van der Waals surface area contributed by atoms with Gasteiger partial charge in [-0.05, 0) is 56.7 Å². The van der Waals surface area contributed by atoms with Gasteiger partial charge in [0, 0.05) is 13.7 Å². The Morgan fingerprint density at radius 3 is 1.63 bits per heavy atom. The van der Waals surface area contributed by atoms with E-state index in [1.165, 1.54) is 30.7 Å². The summed E-state index contributed by atoms with van der Waals surface area (Å²) < 4.78 is 30.9. The number of ether oxygens (including phenoxy) is 6. The third-order valence-corrected chi connectivity index (χ3v) is 4.69. The fraction of sp³-hybridized carbons (Fsp3) is 0.500. The summed E-state index contributed by atoms with van der Waals surface area (Å²) in [5.41, 5.74) is 0.106. The van der Waals surface area contributed by atoms with Gasteiger partial charge in [-0.3, -0.25) is 0 Å². The number of esters is 3. The van der Waals surface area contributed by atoms with E-state index >= 15 is 0 Å². The summed E-state index contributed by atoms with van der Waals surface area (Å²) in [6, 6.07) is 4.10. The lowest BCUT2D eigenvalue weighted by atomic mass is 10.0. The molecule has 9 nitrogen and oxygen atoms in total. The second-order valence-electron chi connectivity index (χ2n) is 7.36. The third kappa shape index (κ3) is 12.6. The summed E-state index contributed by atoms with van der Waals surface area (Å²) in [5.74, 6) is -2.00. The van der Waals surface area contributed by atoms with Crippen molar-refractivity contribution in [3.8, 4) is 0 Å². The minimum Gasteiger partial charge on any atom is -0.502 e. The molecular formula is C26H36O9. The SMILES string of the molecule is C=COCCCCOC(=O)c1ccc(C(=O)OCCCCOC=C)c(C(=O)OCCCCOC)c1. The van der Waals surface area contributed by atoms with Crippen LogP contribution in [-0.2, 0) is 28.4 Å². The molecule has 0 aromatic heterocycles. The molecule has 0 saturated carbocycles. The minimum absolute atomic E-state index is 0.0207. The molecule has 9 heteroatoms. The van der Waals surface area contributed by atoms with Crippen LogP contribution in [0.4, 0.5) is 0 Å². The molecule has 0 radical (unpaired) electrons. The Labute approximate surface area is 207 Å². The van der Waals surface area contributed by atoms with Gasteiger partial charge in [0.25, 0.3) is 0 Å². The van der Waals surface area contributed by atoms with Crippen molar-refractivity contribution in [3.05, 3.63) is 60.6 Å². The number of benzene rings is 1. The summed E-state index contributed by atoms with van der Waals surface area (Å²) in [4.78, 5) is 37.8. The number of carbonyl (C=O) groups excluding carboxylic acids is 3. The summed E-state index contributed by atoms with van der Waals surface area (Å²) >= 11 is 0. The van der Waals surface area contributed by atoms with Gasteiger partial charge in [-0.25, -0.2) is 14.4 Å². The number of unbranched alkanes of at least 4 members (excludes halogenated alkanes) is 3. The quantitative estimate of drug-likeness (QED) is 0.113. The molecule has 0 saturated heterocycles. The van der Waals surface area contributed by atoms with Crippen LogP contribution in [0.1, 0.15) is 69.6 Å². The number of hydrogen-bond donors (Lipinski definition) is 0. The molecular weight excluding hydrogens is 456 g/mol. The molecule has 194 valence electrons. The van der Waals surface area contributed by atoms with E-state index in [2.05, 4.69) is 13.2 Å². The number of methoxy groups -OCH3 is 1. The third-order valence-electron chi connectivity index (χ3n) is 4.69. The van der Waals surface area contributed by atoms with E-state index in [4.69, 9.17) is 28.4 Å². The van der Waals surface area contributed by atoms with Gasteiger partial charge in [0.15, 0.2) is 0 Å².